The van der Waals surface area contributed by atoms with Crippen LogP contribution in [-0.4, -0.2) is 11.0 Å². The second-order valence-electron chi connectivity index (χ2n) is 4.14. The minimum absolute atomic E-state index is 0.140. The van der Waals surface area contributed by atoms with Crippen molar-refractivity contribution in [2.75, 3.05) is 5.32 Å². The summed E-state index contributed by atoms with van der Waals surface area (Å²) >= 11 is 0. The maximum absolute atomic E-state index is 12.1. The summed E-state index contributed by atoms with van der Waals surface area (Å²) < 4.78 is 0. The molecule has 0 unspecified atom stereocenters. The largest absolute Gasteiger partial charge is 0.392 e. The molecule has 92 valence electrons. The molecule has 0 heterocycles. The molecular weight excluding hydrogens is 226 g/mol. The van der Waals surface area contributed by atoms with Crippen LogP contribution in [0, 0.1) is 6.92 Å². The standard InChI is InChI=1S/C15H15NO2/c1-11-7-8-14(12(9-11)10-17)15(18)16-13-5-3-2-4-6-13/h2-9,17H,10H2,1H3,(H,16,18). The number of rotatable bonds is 3. The topological polar surface area (TPSA) is 49.3 Å². The van der Waals surface area contributed by atoms with Crippen LogP contribution < -0.4 is 5.32 Å². The van der Waals surface area contributed by atoms with Crippen LogP contribution >= 0.6 is 0 Å². The first-order chi connectivity index (χ1) is 8.70. The average molecular weight is 241 g/mol. The van der Waals surface area contributed by atoms with E-state index in [-0.39, 0.29) is 12.5 Å². The van der Waals surface area contributed by atoms with E-state index in [1.807, 2.05) is 49.4 Å². The highest BCUT2D eigenvalue weighted by Gasteiger charge is 2.10. The number of hydrogen-bond donors (Lipinski definition) is 2. The lowest BCUT2D eigenvalue weighted by molar-refractivity contribution is 0.102. The highest BCUT2D eigenvalue weighted by molar-refractivity contribution is 6.05. The average Bonchev–Trinajstić information content (AvgIpc) is 2.39. The molecule has 2 N–H and O–H groups in total. The zero-order valence-corrected chi connectivity index (χ0v) is 10.2. The van der Waals surface area contributed by atoms with E-state index in [4.69, 9.17) is 0 Å². The Morgan fingerprint density at radius 1 is 1.17 bits per heavy atom. The summed E-state index contributed by atoms with van der Waals surface area (Å²) in [7, 11) is 0. The lowest BCUT2D eigenvalue weighted by Crippen LogP contribution is -2.14. The molecule has 0 aliphatic heterocycles. The second-order valence-corrected chi connectivity index (χ2v) is 4.14. The van der Waals surface area contributed by atoms with Gasteiger partial charge in [-0.15, -0.1) is 0 Å². The molecule has 18 heavy (non-hydrogen) atoms. The van der Waals surface area contributed by atoms with Crippen LogP contribution in [-0.2, 0) is 6.61 Å². The van der Waals surface area contributed by atoms with Crippen molar-refractivity contribution >= 4 is 11.6 Å². The summed E-state index contributed by atoms with van der Waals surface area (Å²) in [4.78, 5) is 12.1. The van der Waals surface area contributed by atoms with Gasteiger partial charge in [0, 0.05) is 11.3 Å². The second kappa shape index (κ2) is 5.47. The van der Waals surface area contributed by atoms with Gasteiger partial charge in [-0.05, 0) is 30.7 Å². The number of amides is 1. The van der Waals surface area contributed by atoms with Crippen molar-refractivity contribution in [2.45, 2.75) is 13.5 Å². The molecule has 0 bridgehead atoms. The van der Waals surface area contributed by atoms with Crippen LogP contribution in [0.5, 0.6) is 0 Å². The number of aliphatic hydroxyl groups excluding tert-OH is 1. The van der Waals surface area contributed by atoms with Gasteiger partial charge in [0.05, 0.1) is 6.61 Å². The Balaban J connectivity index is 2.24. The van der Waals surface area contributed by atoms with Gasteiger partial charge in [-0.3, -0.25) is 4.79 Å². The monoisotopic (exact) mass is 241 g/mol. The molecule has 0 aliphatic rings. The molecule has 0 aliphatic carbocycles. The van der Waals surface area contributed by atoms with Crippen molar-refractivity contribution in [2.24, 2.45) is 0 Å². The lowest BCUT2D eigenvalue weighted by Gasteiger charge is -2.09. The van der Waals surface area contributed by atoms with Crippen LogP contribution in [0.4, 0.5) is 5.69 Å². The predicted molar refractivity (Wildman–Crippen MR) is 71.5 cm³/mol. The Hall–Kier alpha value is -2.13. The minimum atomic E-state index is -0.203. The Kier molecular flexibility index (Phi) is 3.75. The van der Waals surface area contributed by atoms with Gasteiger partial charge in [0.2, 0.25) is 0 Å². The SMILES string of the molecule is Cc1ccc(C(=O)Nc2ccccc2)c(CO)c1. The summed E-state index contributed by atoms with van der Waals surface area (Å²) in [6.45, 7) is 1.79. The molecule has 3 heteroatoms. The zero-order valence-electron chi connectivity index (χ0n) is 10.2. The normalized spacial score (nSPS) is 10.1. The number of aryl methyl sites for hydroxylation is 1. The number of aliphatic hydroxyl groups is 1. The highest BCUT2D eigenvalue weighted by atomic mass is 16.3. The van der Waals surface area contributed by atoms with E-state index in [9.17, 15) is 9.90 Å². The summed E-state index contributed by atoms with van der Waals surface area (Å²) in [6, 6.07) is 14.7. The molecule has 1 amide bonds. The molecule has 0 saturated carbocycles. The number of hydrogen-bond acceptors (Lipinski definition) is 2. The number of para-hydroxylation sites is 1. The van der Waals surface area contributed by atoms with Crippen molar-refractivity contribution in [3.63, 3.8) is 0 Å². The number of anilines is 1. The molecule has 3 nitrogen and oxygen atoms in total. The number of benzene rings is 2. The molecule has 0 fully saturated rings. The first kappa shape index (κ1) is 12.3. The van der Waals surface area contributed by atoms with Gasteiger partial charge in [0.15, 0.2) is 0 Å². The van der Waals surface area contributed by atoms with E-state index in [2.05, 4.69) is 5.32 Å². The molecule has 0 atom stereocenters. The van der Waals surface area contributed by atoms with Gasteiger partial charge < -0.3 is 10.4 Å². The van der Waals surface area contributed by atoms with Crippen LogP contribution in [0.25, 0.3) is 0 Å². The van der Waals surface area contributed by atoms with E-state index in [1.165, 1.54) is 0 Å². The third-order valence-electron chi connectivity index (χ3n) is 2.71. The van der Waals surface area contributed by atoms with Crippen molar-refractivity contribution in [3.8, 4) is 0 Å². The zero-order chi connectivity index (χ0) is 13.0. The summed E-state index contributed by atoms with van der Waals surface area (Å²) in [5, 5.41) is 12.1. The van der Waals surface area contributed by atoms with Gasteiger partial charge in [0.25, 0.3) is 5.91 Å². The highest BCUT2D eigenvalue weighted by Crippen LogP contribution is 2.14. The Labute approximate surface area is 106 Å². The fraction of sp³-hybridized carbons (Fsp3) is 0.133. The molecule has 2 rings (SSSR count). The van der Waals surface area contributed by atoms with Crippen LogP contribution in [0.15, 0.2) is 48.5 Å². The van der Waals surface area contributed by atoms with Gasteiger partial charge in [-0.25, -0.2) is 0 Å². The van der Waals surface area contributed by atoms with Gasteiger partial charge >= 0.3 is 0 Å². The van der Waals surface area contributed by atoms with Gasteiger partial charge in [-0.2, -0.15) is 0 Å². The quantitative estimate of drug-likeness (QED) is 0.868. The first-order valence-corrected chi connectivity index (χ1v) is 5.77. The van der Waals surface area contributed by atoms with E-state index in [1.54, 1.807) is 6.07 Å². The smallest absolute Gasteiger partial charge is 0.256 e. The van der Waals surface area contributed by atoms with Crippen molar-refractivity contribution < 1.29 is 9.90 Å². The lowest BCUT2D eigenvalue weighted by atomic mass is 10.0. The van der Waals surface area contributed by atoms with Crippen molar-refractivity contribution in [1.82, 2.24) is 0 Å². The van der Waals surface area contributed by atoms with E-state index >= 15 is 0 Å². The van der Waals surface area contributed by atoms with Crippen molar-refractivity contribution in [3.05, 3.63) is 65.2 Å². The third-order valence-corrected chi connectivity index (χ3v) is 2.71. The van der Waals surface area contributed by atoms with Crippen LogP contribution in [0.3, 0.4) is 0 Å². The molecule has 0 saturated heterocycles. The fourth-order valence-corrected chi connectivity index (χ4v) is 1.79. The molecular formula is C15H15NO2. The van der Waals surface area contributed by atoms with Crippen LogP contribution in [0.2, 0.25) is 0 Å². The van der Waals surface area contributed by atoms with E-state index in [0.29, 0.717) is 11.1 Å². The summed E-state index contributed by atoms with van der Waals surface area (Å²) in [6.07, 6.45) is 0. The third kappa shape index (κ3) is 2.76. The van der Waals surface area contributed by atoms with E-state index < -0.39 is 0 Å². The number of nitrogens with one attached hydrogen (secondary N) is 1. The van der Waals surface area contributed by atoms with Crippen LogP contribution in [0.1, 0.15) is 21.5 Å². The first-order valence-electron chi connectivity index (χ1n) is 5.77. The molecule has 0 radical (unpaired) electrons. The maximum atomic E-state index is 12.1. The number of carbonyl (C=O) groups excluding carboxylic acids is 1. The Morgan fingerprint density at radius 3 is 2.56 bits per heavy atom. The number of carbonyl (C=O) groups is 1. The van der Waals surface area contributed by atoms with Gasteiger partial charge in [0.1, 0.15) is 0 Å². The molecule has 0 spiro atoms. The summed E-state index contributed by atoms with van der Waals surface area (Å²) in [5.41, 5.74) is 2.91. The minimum Gasteiger partial charge on any atom is -0.392 e. The Bertz CT molecular complexity index is 550. The predicted octanol–water partition coefficient (Wildman–Crippen LogP) is 2.74. The molecule has 2 aromatic carbocycles. The van der Waals surface area contributed by atoms with Gasteiger partial charge in [-0.1, -0.05) is 35.9 Å². The van der Waals surface area contributed by atoms with Crippen molar-refractivity contribution in [1.29, 1.82) is 0 Å². The maximum Gasteiger partial charge on any atom is 0.256 e. The fourth-order valence-electron chi connectivity index (χ4n) is 1.79. The van der Waals surface area contributed by atoms with E-state index in [0.717, 1.165) is 11.3 Å². The summed E-state index contributed by atoms with van der Waals surface area (Å²) in [5.74, 6) is -0.203. The Morgan fingerprint density at radius 2 is 1.89 bits per heavy atom. The molecule has 2 aromatic rings. The molecule has 0 aromatic heterocycles.